The van der Waals surface area contributed by atoms with Gasteiger partial charge in [0.05, 0.1) is 0 Å². The smallest absolute Gasteiger partial charge is 0.171 e. The molecule has 1 aromatic heterocycles. The molecule has 68 valence electrons. The molecule has 12 heavy (non-hydrogen) atoms. The minimum Gasteiger partial charge on any atom is -1.00 e. The first-order valence-electron chi connectivity index (χ1n) is 3.95. The number of pyridine rings is 1. The van der Waals surface area contributed by atoms with Crippen molar-refractivity contribution in [1.29, 1.82) is 0 Å². The second kappa shape index (κ2) is 5.98. The van der Waals surface area contributed by atoms with Gasteiger partial charge >= 0.3 is 0 Å². The van der Waals surface area contributed by atoms with Crippen LogP contribution < -0.4 is 17.0 Å². The lowest BCUT2D eigenvalue weighted by molar-refractivity contribution is -0.698. The third-order valence-corrected chi connectivity index (χ3v) is 1.73. The molecular formula is C9H14ClNO. The molecule has 0 aliphatic heterocycles. The van der Waals surface area contributed by atoms with Gasteiger partial charge in [0.1, 0.15) is 6.61 Å². The molecule has 1 heterocycles. The fraction of sp³-hybridized carbons (Fsp3) is 0.444. The van der Waals surface area contributed by atoms with E-state index in [-0.39, 0.29) is 19.0 Å². The minimum absolute atomic E-state index is 0. The van der Waals surface area contributed by atoms with Crippen molar-refractivity contribution in [2.45, 2.75) is 19.9 Å². The monoisotopic (exact) mass is 187 g/mol. The summed E-state index contributed by atoms with van der Waals surface area (Å²) in [4.78, 5) is 0. The molecule has 0 amide bonds. The molecule has 1 rings (SSSR count). The Morgan fingerprint density at radius 2 is 1.92 bits per heavy atom. The van der Waals surface area contributed by atoms with E-state index in [2.05, 4.69) is 19.1 Å². The van der Waals surface area contributed by atoms with E-state index in [4.69, 9.17) is 5.11 Å². The second-order valence-corrected chi connectivity index (χ2v) is 2.52. The molecule has 0 bridgehead atoms. The molecular weight excluding hydrogens is 174 g/mol. The summed E-state index contributed by atoms with van der Waals surface area (Å²) in [6, 6.07) is 4.16. The van der Waals surface area contributed by atoms with Crippen LogP contribution in [0.15, 0.2) is 24.5 Å². The highest BCUT2D eigenvalue weighted by molar-refractivity contribution is 5.06. The fourth-order valence-corrected chi connectivity index (χ4v) is 0.988. The van der Waals surface area contributed by atoms with Gasteiger partial charge in [0, 0.05) is 12.1 Å². The Morgan fingerprint density at radius 1 is 1.33 bits per heavy atom. The molecule has 0 aliphatic rings. The SMILES string of the molecule is CCc1cc[n+](CCO)cc1.[Cl-]. The summed E-state index contributed by atoms with van der Waals surface area (Å²) in [7, 11) is 0. The van der Waals surface area contributed by atoms with Crippen LogP contribution in [0.1, 0.15) is 12.5 Å². The highest BCUT2D eigenvalue weighted by Gasteiger charge is 1.96. The number of aryl methyl sites for hydroxylation is 1. The van der Waals surface area contributed by atoms with Crippen LogP contribution in [0.5, 0.6) is 0 Å². The normalized spacial score (nSPS) is 9.17. The van der Waals surface area contributed by atoms with Gasteiger partial charge in [-0.3, -0.25) is 0 Å². The van der Waals surface area contributed by atoms with Gasteiger partial charge in [0.15, 0.2) is 18.9 Å². The lowest BCUT2D eigenvalue weighted by atomic mass is 10.2. The van der Waals surface area contributed by atoms with Crippen molar-refractivity contribution in [3.05, 3.63) is 30.1 Å². The van der Waals surface area contributed by atoms with E-state index in [0.29, 0.717) is 6.54 Å². The van der Waals surface area contributed by atoms with E-state index < -0.39 is 0 Å². The number of aromatic nitrogens is 1. The van der Waals surface area contributed by atoms with Crippen molar-refractivity contribution in [3.8, 4) is 0 Å². The molecule has 2 nitrogen and oxygen atoms in total. The quantitative estimate of drug-likeness (QED) is 0.522. The maximum absolute atomic E-state index is 8.63. The maximum atomic E-state index is 8.63. The summed E-state index contributed by atoms with van der Waals surface area (Å²) in [5.74, 6) is 0. The highest BCUT2D eigenvalue weighted by atomic mass is 35.5. The number of aliphatic hydroxyl groups is 1. The summed E-state index contributed by atoms with van der Waals surface area (Å²) in [5.41, 5.74) is 1.33. The predicted octanol–water partition coefficient (Wildman–Crippen LogP) is -2.47. The standard InChI is InChI=1S/C9H14NO.ClH/c1-2-9-3-5-10(6-4-9)7-8-11;/h3-6,11H,2,7-8H2,1H3;1H/q+1;/p-1. The lowest BCUT2D eigenvalue weighted by Crippen LogP contribution is -3.00. The average molecular weight is 188 g/mol. The van der Waals surface area contributed by atoms with E-state index in [1.807, 2.05) is 17.0 Å². The molecule has 0 aromatic carbocycles. The van der Waals surface area contributed by atoms with Crippen LogP contribution in [0, 0.1) is 0 Å². The van der Waals surface area contributed by atoms with Gasteiger partial charge in [-0.25, -0.2) is 4.57 Å². The zero-order valence-corrected chi connectivity index (χ0v) is 7.96. The Hall–Kier alpha value is -0.600. The number of hydrogen-bond donors (Lipinski definition) is 1. The summed E-state index contributed by atoms with van der Waals surface area (Å²) in [6.45, 7) is 3.02. The van der Waals surface area contributed by atoms with Crippen LogP contribution in [0.25, 0.3) is 0 Å². The number of aliphatic hydroxyl groups excluding tert-OH is 1. The summed E-state index contributed by atoms with van der Waals surface area (Å²) in [6.07, 6.45) is 5.06. The van der Waals surface area contributed by atoms with Crippen molar-refractivity contribution >= 4 is 0 Å². The molecule has 0 atom stereocenters. The third kappa shape index (κ3) is 3.20. The number of rotatable bonds is 3. The van der Waals surface area contributed by atoms with Crippen LogP contribution in [-0.4, -0.2) is 11.7 Å². The van der Waals surface area contributed by atoms with Crippen molar-refractivity contribution in [2.24, 2.45) is 0 Å². The molecule has 0 saturated heterocycles. The van der Waals surface area contributed by atoms with Gasteiger partial charge in [-0.2, -0.15) is 0 Å². The summed E-state index contributed by atoms with van der Waals surface area (Å²) in [5, 5.41) is 8.63. The Balaban J connectivity index is 0.00000121. The van der Waals surface area contributed by atoms with Crippen molar-refractivity contribution < 1.29 is 22.1 Å². The van der Waals surface area contributed by atoms with Crippen LogP contribution in [-0.2, 0) is 13.0 Å². The maximum Gasteiger partial charge on any atom is 0.171 e. The van der Waals surface area contributed by atoms with Gasteiger partial charge in [0.25, 0.3) is 0 Å². The Morgan fingerprint density at radius 3 is 2.33 bits per heavy atom. The molecule has 0 radical (unpaired) electrons. The number of halogens is 1. The van der Waals surface area contributed by atoms with Crippen LogP contribution in [0.2, 0.25) is 0 Å². The van der Waals surface area contributed by atoms with Crippen LogP contribution in [0.4, 0.5) is 0 Å². The largest absolute Gasteiger partial charge is 1.00 e. The van der Waals surface area contributed by atoms with Crippen LogP contribution >= 0.6 is 0 Å². The Bertz CT molecular complexity index is 210. The van der Waals surface area contributed by atoms with Crippen LogP contribution in [0.3, 0.4) is 0 Å². The Kier molecular flexibility index (Phi) is 5.68. The predicted molar refractivity (Wildman–Crippen MR) is 43.1 cm³/mol. The number of hydrogen-bond acceptors (Lipinski definition) is 1. The molecule has 1 aromatic rings. The average Bonchev–Trinajstić information content (AvgIpc) is 2.07. The molecule has 1 N–H and O–H groups in total. The molecule has 0 unspecified atom stereocenters. The highest BCUT2D eigenvalue weighted by Crippen LogP contribution is 1.94. The first kappa shape index (κ1) is 11.4. The lowest BCUT2D eigenvalue weighted by Gasteiger charge is -1.94. The third-order valence-electron chi connectivity index (χ3n) is 1.73. The van der Waals surface area contributed by atoms with Crippen molar-refractivity contribution in [2.75, 3.05) is 6.61 Å². The zero-order valence-electron chi connectivity index (χ0n) is 7.20. The first-order chi connectivity index (χ1) is 5.36. The van der Waals surface area contributed by atoms with Gasteiger partial charge in [0.2, 0.25) is 0 Å². The Labute approximate surface area is 79.3 Å². The van der Waals surface area contributed by atoms with Gasteiger partial charge in [-0.05, 0) is 12.0 Å². The fourth-order valence-electron chi connectivity index (χ4n) is 0.988. The van der Waals surface area contributed by atoms with Crippen molar-refractivity contribution in [1.82, 2.24) is 0 Å². The summed E-state index contributed by atoms with van der Waals surface area (Å²) < 4.78 is 1.97. The van der Waals surface area contributed by atoms with E-state index in [1.54, 1.807) is 0 Å². The van der Waals surface area contributed by atoms with E-state index in [0.717, 1.165) is 6.42 Å². The first-order valence-corrected chi connectivity index (χ1v) is 3.95. The van der Waals surface area contributed by atoms with Crippen molar-refractivity contribution in [3.63, 3.8) is 0 Å². The van der Waals surface area contributed by atoms with E-state index in [1.165, 1.54) is 5.56 Å². The van der Waals surface area contributed by atoms with Gasteiger partial charge < -0.3 is 17.5 Å². The minimum atomic E-state index is 0. The van der Waals surface area contributed by atoms with Gasteiger partial charge in [-0.15, -0.1) is 0 Å². The molecule has 0 fully saturated rings. The summed E-state index contributed by atoms with van der Waals surface area (Å²) >= 11 is 0. The molecule has 0 aliphatic carbocycles. The van der Waals surface area contributed by atoms with Gasteiger partial charge in [-0.1, -0.05) is 6.92 Å². The number of nitrogens with zero attached hydrogens (tertiary/aromatic N) is 1. The second-order valence-electron chi connectivity index (χ2n) is 2.52. The topological polar surface area (TPSA) is 24.1 Å². The molecule has 0 saturated carbocycles. The molecule has 3 heteroatoms. The molecule has 0 spiro atoms. The zero-order chi connectivity index (χ0) is 8.10. The van der Waals surface area contributed by atoms with E-state index >= 15 is 0 Å². The van der Waals surface area contributed by atoms with E-state index in [9.17, 15) is 0 Å².